The number of nitrogens with zero attached hydrogens (tertiary/aromatic N) is 1. The lowest BCUT2D eigenvalue weighted by molar-refractivity contribution is 0.0819. The third kappa shape index (κ3) is 1.18. The van der Waals surface area contributed by atoms with Crippen molar-refractivity contribution < 1.29 is 9.18 Å². The number of carbonyl (C=O) groups is 1. The molecule has 1 aliphatic carbocycles. The van der Waals surface area contributed by atoms with E-state index in [4.69, 9.17) is 5.26 Å². The number of Topliss-reactive ketones (excluding diaryl/α,β-unsaturated/α-hetero) is 1. The predicted octanol–water partition coefficient (Wildman–Crippen LogP) is 2.27. The van der Waals surface area contributed by atoms with Crippen LogP contribution in [0, 0.1) is 25.2 Å². The normalized spacial score (nSPS) is 23.7. The van der Waals surface area contributed by atoms with Gasteiger partial charge in [0, 0.05) is 12.0 Å². The summed E-state index contributed by atoms with van der Waals surface area (Å²) in [5.74, 6) is -0.679. The fourth-order valence-corrected chi connectivity index (χ4v) is 2.03. The number of benzene rings is 1. The maximum atomic E-state index is 13.9. The molecular formula is C12H10FNO. The number of nitriles is 1. The molecule has 76 valence electrons. The lowest BCUT2D eigenvalue weighted by atomic mass is 10.00. The molecule has 0 radical (unpaired) electrons. The van der Waals surface area contributed by atoms with Crippen LogP contribution >= 0.6 is 0 Å². The summed E-state index contributed by atoms with van der Waals surface area (Å²) in [5, 5.41) is 8.70. The van der Waals surface area contributed by atoms with E-state index in [1.54, 1.807) is 13.0 Å². The standard InChI is InChI=1S/C12H10FNO/c1-7-3-4-8(2)10-9(7)5-12(13,6-14)11(10)15/h3-4H,5H2,1-2H3. The molecule has 0 saturated carbocycles. The fraction of sp³-hybridized carbons (Fsp3) is 0.333. The summed E-state index contributed by atoms with van der Waals surface area (Å²) in [6, 6.07) is 5.11. The lowest BCUT2D eigenvalue weighted by Gasteiger charge is -2.05. The van der Waals surface area contributed by atoms with Gasteiger partial charge < -0.3 is 0 Å². The Kier molecular flexibility index (Phi) is 1.90. The first-order valence-corrected chi connectivity index (χ1v) is 4.73. The van der Waals surface area contributed by atoms with Gasteiger partial charge in [-0.05, 0) is 30.5 Å². The highest BCUT2D eigenvalue weighted by Crippen LogP contribution is 2.36. The van der Waals surface area contributed by atoms with Crippen molar-refractivity contribution in [2.24, 2.45) is 0 Å². The van der Waals surface area contributed by atoms with Crippen LogP contribution in [0.4, 0.5) is 4.39 Å². The molecule has 0 spiro atoms. The number of ketones is 1. The minimum absolute atomic E-state index is 0.106. The minimum atomic E-state index is -2.35. The van der Waals surface area contributed by atoms with Gasteiger partial charge in [-0.1, -0.05) is 12.1 Å². The van der Waals surface area contributed by atoms with Gasteiger partial charge in [-0.3, -0.25) is 4.79 Å². The van der Waals surface area contributed by atoms with Gasteiger partial charge in [-0.25, -0.2) is 4.39 Å². The van der Waals surface area contributed by atoms with Crippen LogP contribution in [0.1, 0.15) is 27.0 Å². The van der Waals surface area contributed by atoms with E-state index in [2.05, 4.69) is 0 Å². The largest absolute Gasteiger partial charge is 0.289 e. The van der Waals surface area contributed by atoms with E-state index >= 15 is 0 Å². The lowest BCUT2D eigenvalue weighted by Crippen LogP contribution is -2.28. The Hall–Kier alpha value is -1.69. The Morgan fingerprint density at radius 1 is 1.40 bits per heavy atom. The Labute approximate surface area is 87.3 Å². The second kappa shape index (κ2) is 2.90. The number of hydrogen-bond donors (Lipinski definition) is 0. The molecule has 0 aliphatic heterocycles. The number of aryl methyl sites for hydroxylation is 2. The van der Waals surface area contributed by atoms with E-state index in [1.165, 1.54) is 6.07 Å². The van der Waals surface area contributed by atoms with E-state index in [9.17, 15) is 9.18 Å². The Bertz CT molecular complexity index is 501. The molecule has 0 saturated heterocycles. The smallest absolute Gasteiger partial charge is 0.261 e. The molecule has 1 aliphatic rings. The monoisotopic (exact) mass is 203 g/mol. The van der Waals surface area contributed by atoms with E-state index in [0.29, 0.717) is 11.1 Å². The zero-order valence-corrected chi connectivity index (χ0v) is 8.60. The molecule has 1 aromatic rings. The molecule has 1 aromatic carbocycles. The predicted molar refractivity (Wildman–Crippen MR) is 53.4 cm³/mol. The SMILES string of the molecule is Cc1ccc(C)c2c1CC(F)(C#N)C2=O. The zero-order chi connectivity index (χ0) is 11.2. The maximum absolute atomic E-state index is 13.9. The first-order chi connectivity index (χ1) is 6.99. The van der Waals surface area contributed by atoms with Crippen molar-refractivity contribution in [1.82, 2.24) is 0 Å². The second-order valence-electron chi connectivity index (χ2n) is 3.97. The third-order valence-electron chi connectivity index (χ3n) is 2.94. The molecule has 0 bridgehead atoms. The summed E-state index contributed by atoms with van der Waals surface area (Å²) in [6.45, 7) is 3.59. The van der Waals surface area contributed by atoms with Gasteiger partial charge in [0.1, 0.15) is 6.07 Å². The number of halogens is 1. The summed E-state index contributed by atoms with van der Waals surface area (Å²) >= 11 is 0. The fourth-order valence-electron chi connectivity index (χ4n) is 2.03. The number of alkyl halides is 1. The van der Waals surface area contributed by atoms with E-state index in [0.717, 1.165) is 11.1 Å². The van der Waals surface area contributed by atoms with E-state index < -0.39 is 11.5 Å². The Balaban J connectivity index is 2.70. The van der Waals surface area contributed by atoms with Crippen LogP contribution in [-0.2, 0) is 6.42 Å². The molecule has 0 fully saturated rings. The van der Waals surface area contributed by atoms with E-state index in [1.807, 2.05) is 13.0 Å². The number of carbonyl (C=O) groups excluding carboxylic acids is 1. The van der Waals surface area contributed by atoms with Crippen molar-refractivity contribution in [3.63, 3.8) is 0 Å². The number of fused-ring (bicyclic) bond motifs is 1. The van der Waals surface area contributed by atoms with Crippen molar-refractivity contribution in [2.75, 3.05) is 0 Å². The van der Waals surface area contributed by atoms with Crippen molar-refractivity contribution >= 4 is 5.78 Å². The van der Waals surface area contributed by atoms with Crippen LogP contribution in [0.3, 0.4) is 0 Å². The quantitative estimate of drug-likeness (QED) is 0.649. The van der Waals surface area contributed by atoms with Crippen LogP contribution in [0.2, 0.25) is 0 Å². The number of rotatable bonds is 0. The molecule has 2 nitrogen and oxygen atoms in total. The maximum Gasteiger partial charge on any atom is 0.261 e. The molecule has 2 rings (SSSR count). The van der Waals surface area contributed by atoms with Crippen molar-refractivity contribution in [3.05, 3.63) is 34.4 Å². The average molecular weight is 203 g/mol. The van der Waals surface area contributed by atoms with Gasteiger partial charge >= 0.3 is 0 Å². The van der Waals surface area contributed by atoms with Gasteiger partial charge in [0.25, 0.3) is 5.67 Å². The highest BCUT2D eigenvalue weighted by atomic mass is 19.1. The molecular weight excluding hydrogens is 193 g/mol. The summed E-state index contributed by atoms with van der Waals surface area (Å²) in [6.07, 6.45) is -0.106. The van der Waals surface area contributed by atoms with Gasteiger partial charge in [-0.2, -0.15) is 5.26 Å². The first kappa shape index (κ1) is 9.85. The molecule has 0 N–H and O–H groups in total. The highest BCUT2D eigenvalue weighted by Gasteiger charge is 2.47. The van der Waals surface area contributed by atoms with Crippen molar-refractivity contribution in [1.29, 1.82) is 5.26 Å². The summed E-state index contributed by atoms with van der Waals surface area (Å²) in [5.41, 5.74) is 0.358. The van der Waals surface area contributed by atoms with Crippen LogP contribution in [0.15, 0.2) is 12.1 Å². The molecule has 0 heterocycles. The Morgan fingerprint density at radius 2 is 2.00 bits per heavy atom. The zero-order valence-electron chi connectivity index (χ0n) is 8.60. The summed E-state index contributed by atoms with van der Waals surface area (Å²) in [4.78, 5) is 11.7. The molecule has 1 atom stereocenters. The van der Waals surface area contributed by atoms with Crippen LogP contribution in [0.25, 0.3) is 0 Å². The molecule has 3 heteroatoms. The number of hydrogen-bond acceptors (Lipinski definition) is 2. The topological polar surface area (TPSA) is 40.9 Å². The van der Waals surface area contributed by atoms with Crippen molar-refractivity contribution in [3.8, 4) is 6.07 Å². The molecule has 15 heavy (non-hydrogen) atoms. The van der Waals surface area contributed by atoms with Gasteiger partial charge in [0.05, 0.1) is 0 Å². The first-order valence-electron chi connectivity index (χ1n) is 4.73. The Morgan fingerprint density at radius 3 is 2.53 bits per heavy atom. The minimum Gasteiger partial charge on any atom is -0.289 e. The molecule has 1 unspecified atom stereocenters. The average Bonchev–Trinajstić information content (AvgIpc) is 2.49. The van der Waals surface area contributed by atoms with Gasteiger partial charge in [-0.15, -0.1) is 0 Å². The summed E-state index contributed by atoms with van der Waals surface area (Å²) in [7, 11) is 0. The van der Waals surface area contributed by atoms with Crippen LogP contribution in [0.5, 0.6) is 0 Å². The highest BCUT2D eigenvalue weighted by molar-refractivity contribution is 6.10. The van der Waals surface area contributed by atoms with Crippen molar-refractivity contribution in [2.45, 2.75) is 25.9 Å². The molecule has 0 amide bonds. The van der Waals surface area contributed by atoms with Gasteiger partial charge in [0.15, 0.2) is 0 Å². The summed E-state index contributed by atoms with van der Waals surface area (Å²) < 4.78 is 13.9. The van der Waals surface area contributed by atoms with Crippen LogP contribution < -0.4 is 0 Å². The van der Waals surface area contributed by atoms with Crippen LogP contribution in [-0.4, -0.2) is 11.5 Å². The second-order valence-corrected chi connectivity index (χ2v) is 3.97. The van der Waals surface area contributed by atoms with E-state index in [-0.39, 0.29) is 6.42 Å². The molecule has 0 aromatic heterocycles. The third-order valence-corrected chi connectivity index (χ3v) is 2.94. The van der Waals surface area contributed by atoms with Gasteiger partial charge in [0.2, 0.25) is 5.78 Å².